The smallest absolute Gasteiger partial charge is 0.276 e. The Morgan fingerprint density at radius 2 is 1.87 bits per heavy atom. The minimum absolute atomic E-state index is 0.243. The molecule has 156 valence electrons. The molecule has 0 saturated heterocycles. The minimum Gasteiger partial charge on any atom is -0.493 e. The lowest BCUT2D eigenvalue weighted by atomic mass is 10.1. The Balaban J connectivity index is 2.02. The van der Waals surface area contributed by atoms with Crippen LogP contribution in [0.3, 0.4) is 0 Å². The molecule has 1 N–H and O–H groups in total. The average molecular weight is 491 g/mol. The fourth-order valence-corrected chi connectivity index (χ4v) is 4.20. The van der Waals surface area contributed by atoms with Gasteiger partial charge in [-0.05, 0) is 36.6 Å². The number of hydrogen-bond donors (Lipinski definition) is 1. The Morgan fingerprint density at radius 3 is 2.53 bits per heavy atom. The van der Waals surface area contributed by atoms with Crippen molar-refractivity contribution in [2.45, 2.75) is 6.17 Å². The van der Waals surface area contributed by atoms with Crippen molar-refractivity contribution in [3.63, 3.8) is 0 Å². The highest BCUT2D eigenvalue weighted by atomic mass is 79.9. The van der Waals surface area contributed by atoms with Gasteiger partial charge >= 0.3 is 0 Å². The molecule has 2 aliphatic rings. The third-order valence-electron chi connectivity index (χ3n) is 4.78. The molecule has 2 heterocycles. The highest BCUT2D eigenvalue weighted by Gasteiger charge is 2.36. The van der Waals surface area contributed by atoms with E-state index in [9.17, 15) is 4.79 Å². The molecule has 1 atom stereocenters. The maximum absolute atomic E-state index is 13.0. The molecule has 0 radical (unpaired) electrons. The van der Waals surface area contributed by atoms with Gasteiger partial charge in [0.15, 0.2) is 22.8 Å². The van der Waals surface area contributed by atoms with Crippen LogP contribution in [-0.4, -0.2) is 43.7 Å². The van der Waals surface area contributed by atoms with Crippen LogP contribution in [0.25, 0.3) is 5.70 Å². The van der Waals surface area contributed by atoms with Gasteiger partial charge < -0.3 is 14.2 Å². The molecule has 0 unspecified atom stereocenters. The summed E-state index contributed by atoms with van der Waals surface area (Å²) >= 11 is 4.82. The minimum atomic E-state index is -0.628. The van der Waals surface area contributed by atoms with Crippen LogP contribution in [0.2, 0.25) is 0 Å². The van der Waals surface area contributed by atoms with Gasteiger partial charge in [0, 0.05) is 15.3 Å². The molecule has 4 rings (SSSR count). The van der Waals surface area contributed by atoms with E-state index in [-0.39, 0.29) is 5.91 Å². The predicted octanol–water partition coefficient (Wildman–Crippen LogP) is 1.98. The van der Waals surface area contributed by atoms with Gasteiger partial charge in [-0.25, -0.2) is 5.01 Å². The molecule has 0 aliphatic carbocycles. The first kappa shape index (κ1) is 20.5. The largest absolute Gasteiger partial charge is 0.493 e. The van der Waals surface area contributed by atoms with Crippen molar-refractivity contribution in [2.75, 3.05) is 27.6 Å². The second-order valence-electron chi connectivity index (χ2n) is 6.34. The first-order valence-corrected chi connectivity index (χ1v) is 10.9. The van der Waals surface area contributed by atoms with Gasteiger partial charge in [0.25, 0.3) is 5.91 Å². The molecule has 0 fully saturated rings. The van der Waals surface area contributed by atoms with Gasteiger partial charge in [0.1, 0.15) is 5.70 Å². The quantitative estimate of drug-likeness (QED) is 0.705. The standard InChI is InChI=1S/C20H19BrN4O4S/c1-27-14-8-6-11(16(28-2)17(14)29-3)18-22-13-7-5-10(21)9-12(13)15-19(26)23-20(30-4)24-25(15)18/h5-9,18H,1-4H3,(H,23,24,26)/t18-/m0/s1. The van der Waals surface area contributed by atoms with Crippen molar-refractivity contribution in [1.29, 1.82) is 0 Å². The lowest BCUT2D eigenvalue weighted by molar-refractivity contribution is -0.116. The van der Waals surface area contributed by atoms with E-state index in [4.69, 9.17) is 19.2 Å². The molecular weight excluding hydrogens is 472 g/mol. The number of carbonyl (C=O) groups is 1. The van der Waals surface area contributed by atoms with Crippen molar-refractivity contribution in [1.82, 2.24) is 10.3 Å². The molecule has 0 saturated carbocycles. The number of amides is 1. The molecule has 2 aromatic rings. The van der Waals surface area contributed by atoms with Crippen molar-refractivity contribution in [2.24, 2.45) is 10.1 Å². The predicted molar refractivity (Wildman–Crippen MR) is 118 cm³/mol. The van der Waals surface area contributed by atoms with Gasteiger partial charge in [0.05, 0.1) is 26.7 Å². The fraction of sp³-hybridized carbons (Fsp3) is 0.250. The third kappa shape index (κ3) is 3.29. The van der Waals surface area contributed by atoms with Crippen molar-refractivity contribution in [3.05, 3.63) is 50.9 Å². The zero-order chi connectivity index (χ0) is 21.4. The van der Waals surface area contributed by atoms with Gasteiger partial charge in [-0.2, -0.15) is 0 Å². The molecule has 8 nitrogen and oxygen atoms in total. The number of thioether (sulfide) groups is 1. The van der Waals surface area contributed by atoms with Crippen LogP contribution in [-0.2, 0) is 4.79 Å². The van der Waals surface area contributed by atoms with E-state index < -0.39 is 6.17 Å². The summed E-state index contributed by atoms with van der Waals surface area (Å²) in [6.07, 6.45) is 1.22. The number of amidine groups is 1. The highest BCUT2D eigenvalue weighted by Crippen LogP contribution is 2.45. The number of halogens is 1. The number of hydrogen-bond acceptors (Lipinski definition) is 8. The molecule has 30 heavy (non-hydrogen) atoms. The number of methoxy groups -OCH3 is 3. The van der Waals surface area contributed by atoms with Crippen molar-refractivity contribution >= 4 is 44.5 Å². The summed E-state index contributed by atoms with van der Waals surface area (Å²) in [5.74, 6) is 1.21. The van der Waals surface area contributed by atoms with Crippen LogP contribution in [0.5, 0.6) is 17.2 Å². The Morgan fingerprint density at radius 1 is 1.10 bits per heavy atom. The van der Waals surface area contributed by atoms with Crippen LogP contribution in [0.1, 0.15) is 11.7 Å². The van der Waals surface area contributed by atoms with Crippen LogP contribution < -0.4 is 30.1 Å². The maximum Gasteiger partial charge on any atom is 0.276 e. The fourth-order valence-electron chi connectivity index (χ4n) is 3.47. The Labute approximate surface area is 185 Å². The summed E-state index contributed by atoms with van der Waals surface area (Å²) in [6.45, 7) is 0. The summed E-state index contributed by atoms with van der Waals surface area (Å²) in [7, 11) is 4.66. The summed E-state index contributed by atoms with van der Waals surface area (Å²) < 4.78 is 17.4. The molecule has 0 bridgehead atoms. The molecule has 10 heteroatoms. The number of ether oxygens (including phenoxy) is 3. The highest BCUT2D eigenvalue weighted by molar-refractivity contribution is 9.10. The number of carbonyl (C=O) groups excluding carboxylic acids is 1. The summed E-state index contributed by atoms with van der Waals surface area (Å²) in [4.78, 5) is 17.9. The Kier molecular flexibility index (Phi) is 5.61. The summed E-state index contributed by atoms with van der Waals surface area (Å²) in [6, 6.07) is 9.25. The Hall–Kier alpha value is -2.72. The second-order valence-corrected chi connectivity index (χ2v) is 8.05. The van der Waals surface area contributed by atoms with Crippen LogP contribution >= 0.6 is 27.7 Å². The van der Waals surface area contributed by atoms with Gasteiger partial charge in [-0.1, -0.05) is 27.7 Å². The van der Waals surface area contributed by atoms with E-state index in [1.165, 1.54) is 11.8 Å². The Bertz CT molecular complexity index is 1180. The molecule has 0 aromatic heterocycles. The maximum atomic E-state index is 13.0. The topological polar surface area (TPSA) is 84.8 Å². The number of nitrogens with one attached hydrogen (secondary N) is 1. The van der Waals surface area contributed by atoms with E-state index >= 15 is 0 Å². The van der Waals surface area contributed by atoms with Crippen LogP contribution in [0.15, 0.2) is 44.9 Å². The summed E-state index contributed by atoms with van der Waals surface area (Å²) in [5.41, 5.74) is 1.11. The van der Waals surface area contributed by atoms with Crippen LogP contribution in [0, 0.1) is 0 Å². The molecule has 2 aromatic carbocycles. The van der Waals surface area contributed by atoms with Crippen molar-refractivity contribution < 1.29 is 19.0 Å². The summed E-state index contributed by atoms with van der Waals surface area (Å²) in [5, 5.41) is 11.0. The number of hydrazone groups is 1. The molecule has 2 aliphatic heterocycles. The lowest BCUT2D eigenvalue weighted by Crippen LogP contribution is -2.50. The number of fused-ring (bicyclic) bond motifs is 2. The van der Waals surface area contributed by atoms with Crippen molar-refractivity contribution in [3.8, 4) is 17.2 Å². The first-order valence-electron chi connectivity index (χ1n) is 8.92. The van der Waals surface area contributed by atoms with Gasteiger partial charge in [-0.15, -0.1) is 5.10 Å². The molecule has 0 spiro atoms. The SMILES string of the molecule is COc1ccc([C@H]2N=c3ccc(Br)cc3=C3C(=O)NC(SC)=NN32)c(OC)c1OC. The van der Waals surface area contributed by atoms with E-state index in [0.717, 1.165) is 4.47 Å². The van der Waals surface area contributed by atoms with Crippen LogP contribution in [0.4, 0.5) is 0 Å². The van der Waals surface area contributed by atoms with E-state index in [2.05, 4.69) is 26.3 Å². The zero-order valence-electron chi connectivity index (χ0n) is 16.7. The van der Waals surface area contributed by atoms with Gasteiger partial charge in [0.2, 0.25) is 5.75 Å². The van der Waals surface area contributed by atoms with E-state index in [1.54, 1.807) is 32.4 Å². The molecular formula is C20H19BrN4O4S. The monoisotopic (exact) mass is 490 g/mol. The third-order valence-corrected chi connectivity index (χ3v) is 5.84. The van der Waals surface area contributed by atoms with E-state index in [0.29, 0.717) is 44.3 Å². The van der Waals surface area contributed by atoms with Gasteiger partial charge in [-0.3, -0.25) is 15.1 Å². The zero-order valence-corrected chi connectivity index (χ0v) is 19.1. The number of rotatable bonds is 4. The number of benzene rings is 2. The van der Waals surface area contributed by atoms with E-state index in [1.807, 2.05) is 30.5 Å². The normalized spacial score (nSPS) is 17.3. The lowest BCUT2D eigenvalue weighted by Gasteiger charge is -2.34. The average Bonchev–Trinajstić information content (AvgIpc) is 2.76. The second kappa shape index (κ2) is 8.19. The number of nitrogens with zero attached hydrogens (tertiary/aromatic N) is 3. The first-order chi connectivity index (χ1) is 14.5. The molecule has 1 amide bonds.